The van der Waals surface area contributed by atoms with Gasteiger partial charge in [-0.05, 0) is 52.7 Å². The fourth-order valence-corrected chi connectivity index (χ4v) is 4.12. The Kier molecular flexibility index (Phi) is 4.85. The molecule has 27 heavy (non-hydrogen) atoms. The topological polar surface area (TPSA) is 49.9 Å². The molecule has 2 aromatic heterocycles. The molecule has 1 N–H and O–H groups in total. The third-order valence-electron chi connectivity index (χ3n) is 4.19. The summed E-state index contributed by atoms with van der Waals surface area (Å²) < 4.78 is 3.41. The molecule has 0 aliphatic heterocycles. The van der Waals surface area contributed by atoms with Crippen molar-refractivity contribution in [2.24, 2.45) is 4.99 Å². The summed E-state index contributed by atoms with van der Waals surface area (Å²) in [6.07, 6.45) is 3.62. The van der Waals surface area contributed by atoms with Crippen LogP contribution in [-0.2, 0) is 0 Å². The number of phenolic OH excluding ortho intramolecular Hbond substituents is 1. The molecule has 0 amide bonds. The summed E-state index contributed by atoms with van der Waals surface area (Å²) in [5.41, 5.74) is 4.37. The van der Waals surface area contributed by atoms with Gasteiger partial charge in [-0.25, -0.2) is 9.98 Å². The fourth-order valence-electron chi connectivity index (χ4n) is 2.86. The number of aryl methyl sites for hydroxylation is 1. The lowest BCUT2D eigenvalue weighted by atomic mass is 10.1. The molecule has 6 heteroatoms. The smallest absolute Gasteiger partial charge is 0.165 e. The Bertz CT molecular complexity index is 1170. The van der Waals surface area contributed by atoms with Crippen LogP contribution in [0.15, 0.2) is 74.7 Å². The first kappa shape index (κ1) is 17.9. The Labute approximate surface area is 173 Å². The van der Waals surface area contributed by atoms with Crippen molar-refractivity contribution in [1.82, 2.24) is 9.38 Å². The first-order chi connectivity index (χ1) is 13.0. The average Bonchev–Trinajstić information content (AvgIpc) is 3.01. The van der Waals surface area contributed by atoms with Crippen LogP contribution >= 0.6 is 31.9 Å². The largest absolute Gasteiger partial charge is 0.506 e. The van der Waals surface area contributed by atoms with E-state index in [1.807, 2.05) is 66.1 Å². The van der Waals surface area contributed by atoms with Gasteiger partial charge in [0.1, 0.15) is 17.1 Å². The second-order valence-electron chi connectivity index (χ2n) is 6.17. The number of halogens is 2. The van der Waals surface area contributed by atoms with Gasteiger partial charge < -0.3 is 5.11 Å². The van der Waals surface area contributed by atoms with Gasteiger partial charge in [0.15, 0.2) is 5.82 Å². The third kappa shape index (κ3) is 3.55. The van der Waals surface area contributed by atoms with E-state index in [1.54, 1.807) is 12.3 Å². The van der Waals surface area contributed by atoms with Gasteiger partial charge >= 0.3 is 0 Å². The summed E-state index contributed by atoms with van der Waals surface area (Å²) in [5.74, 6) is 0.861. The van der Waals surface area contributed by atoms with Gasteiger partial charge in [0.2, 0.25) is 0 Å². The van der Waals surface area contributed by atoms with Crippen molar-refractivity contribution in [3.05, 3.63) is 80.9 Å². The number of aromatic hydroxyl groups is 1. The summed E-state index contributed by atoms with van der Waals surface area (Å²) in [7, 11) is 0. The SMILES string of the molecule is Cc1ccn2c(/N=C/c3cc(Br)cc(Br)c3O)c(-c3ccccc3)nc2c1. The molecule has 2 heterocycles. The van der Waals surface area contributed by atoms with E-state index >= 15 is 0 Å². The van der Waals surface area contributed by atoms with Gasteiger partial charge in [0, 0.05) is 28.0 Å². The lowest BCUT2D eigenvalue weighted by molar-refractivity contribution is 0.471. The van der Waals surface area contributed by atoms with Crippen LogP contribution in [0, 0.1) is 6.92 Å². The molecule has 4 aromatic rings. The van der Waals surface area contributed by atoms with Crippen LogP contribution in [0.1, 0.15) is 11.1 Å². The van der Waals surface area contributed by atoms with Crippen molar-refractivity contribution in [2.75, 3.05) is 0 Å². The predicted molar refractivity (Wildman–Crippen MR) is 116 cm³/mol. The Morgan fingerprint density at radius 2 is 1.85 bits per heavy atom. The van der Waals surface area contributed by atoms with Crippen LogP contribution in [0.4, 0.5) is 5.82 Å². The van der Waals surface area contributed by atoms with Gasteiger partial charge in [-0.1, -0.05) is 46.3 Å². The zero-order valence-electron chi connectivity index (χ0n) is 14.4. The molecule has 0 aliphatic rings. The van der Waals surface area contributed by atoms with E-state index in [9.17, 15) is 5.11 Å². The molecule has 2 aromatic carbocycles. The van der Waals surface area contributed by atoms with E-state index in [2.05, 4.69) is 36.9 Å². The van der Waals surface area contributed by atoms with E-state index in [1.165, 1.54) is 0 Å². The number of hydrogen-bond acceptors (Lipinski definition) is 3. The number of phenols is 1. The molecule has 4 rings (SSSR count). The van der Waals surface area contributed by atoms with Crippen molar-refractivity contribution in [2.45, 2.75) is 6.92 Å². The maximum absolute atomic E-state index is 10.3. The Morgan fingerprint density at radius 3 is 2.63 bits per heavy atom. The number of rotatable bonds is 3. The molecule has 0 saturated heterocycles. The lowest BCUT2D eigenvalue weighted by Gasteiger charge is -2.04. The summed E-state index contributed by atoms with van der Waals surface area (Å²) in [6.45, 7) is 2.04. The number of benzene rings is 2. The summed E-state index contributed by atoms with van der Waals surface area (Å²) >= 11 is 6.80. The molecule has 0 unspecified atom stereocenters. The first-order valence-corrected chi connectivity index (χ1v) is 9.88. The van der Waals surface area contributed by atoms with Crippen molar-refractivity contribution in [1.29, 1.82) is 0 Å². The van der Waals surface area contributed by atoms with Gasteiger partial charge in [-0.2, -0.15) is 0 Å². The van der Waals surface area contributed by atoms with Crippen LogP contribution in [0.3, 0.4) is 0 Å². The van der Waals surface area contributed by atoms with Crippen molar-refractivity contribution < 1.29 is 5.11 Å². The van der Waals surface area contributed by atoms with Crippen LogP contribution in [-0.4, -0.2) is 20.7 Å². The molecule has 134 valence electrons. The Morgan fingerprint density at radius 1 is 1.07 bits per heavy atom. The van der Waals surface area contributed by atoms with Crippen LogP contribution in [0.25, 0.3) is 16.9 Å². The van der Waals surface area contributed by atoms with Gasteiger partial charge in [0.25, 0.3) is 0 Å². The predicted octanol–water partition coefficient (Wildman–Crippen LogP) is 6.29. The molecule has 0 fully saturated rings. The van der Waals surface area contributed by atoms with E-state index < -0.39 is 0 Å². The molecule has 0 aliphatic carbocycles. The normalized spacial score (nSPS) is 11.5. The molecular weight excluding hydrogens is 470 g/mol. The van der Waals surface area contributed by atoms with Crippen LogP contribution < -0.4 is 0 Å². The minimum Gasteiger partial charge on any atom is -0.506 e. The maximum atomic E-state index is 10.3. The number of aromatic nitrogens is 2. The first-order valence-electron chi connectivity index (χ1n) is 8.29. The maximum Gasteiger partial charge on any atom is 0.165 e. The van der Waals surface area contributed by atoms with E-state index in [0.29, 0.717) is 15.9 Å². The quantitative estimate of drug-likeness (QED) is 0.347. The van der Waals surface area contributed by atoms with Crippen molar-refractivity contribution in [3.8, 4) is 17.0 Å². The van der Waals surface area contributed by atoms with Gasteiger partial charge in [-0.3, -0.25) is 4.40 Å². The minimum atomic E-state index is 0.146. The average molecular weight is 485 g/mol. The fraction of sp³-hybridized carbons (Fsp3) is 0.0476. The van der Waals surface area contributed by atoms with E-state index in [4.69, 9.17) is 4.98 Å². The Hall–Kier alpha value is -2.44. The summed E-state index contributed by atoms with van der Waals surface area (Å²) in [5, 5.41) is 10.3. The second-order valence-corrected chi connectivity index (χ2v) is 7.94. The zero-order valence-corrected chi connectivity index (χ0v) is 17.6. The number of pyridine rings is 1. The monoisotopic (exact) mass is 483 g/mol. The van der Waals surface area contributed by atoms with Crippen LogP contribution in [0.2, 0.25) is 0 Å². The summed E-state index contributed by atoms with van der Waals surface area (Å²) in [6, 6.07) is 17.6. The summed E-state index contributed by atoms with van der Waals surface area (Å²) in [4.78, 5) is 9.47. The van der Waals surface area contributed by atoms with Gasteiger partial charge in [-0.15, -0.1) is 0 Å². The van der Waals surface area contributed by atoms with Gasteiger partial charge in [0.05, 0.1) is 4.47 Å². The van der Waals surface area contributed by atoms with Crippen molar-refractivity contribution in [3.63, 3.8) is 0 Å². The highest BCUT2D eigenvalue weighted by molar-refractivity contribution is 9.11. The number of fused-ring (bicyclic) bond motifs is 1. The highest BCUT2D eigenvalue weighted by Gasteiger charge is 2.14. The minimum absolute atomic E-state index is 0.146. The van der Waals surface area contributed by atoms with E-state index in [-0.39, 0.29) is 5.75 Å². The molecular formula is C21H15Br2N3O. The zero-order chi connectivity index (χ0) is 19.0. The highest BCUT2D eigenvalue weighted by atomic mass is 79.9. The molecule has 4 nitrogen and oxygen atoms in total. The Balaban J connectivity index is 1.90. The molecule has 0 atom stereocenters. The number of hydrogen-bond donors (Lipinski definition) is 1. The van der Waals surface area contributed by atoms with E-state index in [0.717, 1.165) is 26.9 Å². The van der Waals surface area contributed by atoms with Crippen molar-refractivity contribution >= 4 is 49.5 Å². The molecule has 0 spiro atoms. The third-order valence-corrected chi connectivity index (χ3v) is 5.25. The second kappa shape index (κ2) is 7.29. The standard InChI is InChI=1S/C21H15Br2N3O/c1-13-7-8-26-18(9-13)25-19(14-5-3-2-4-6-14)21(26)24-12-15-10-16(22)11-17(23)20(15)27/h2-12,27H,1H3/b24-12+. The number of aliphatic imine (C=N–C) groups is 1. The number of nitrogens with zero attached hydrogens (tertiary/aromatic N) is 3. The lowest BCUT2D eigenvalue weighted by Crippen LogP contribution is -1.87. The number of imidazole rings is 1. The van der Waals surface area contributed by atoms with Crippen LogP contribution in [0.5, 0.6) is 5.75 Å². The highest BCUT2D eigenvalue weighted by Crippen LogP contribution is 2.33. The molecule has 0 saturated carbocycles. The molecule has 0 bridgehead atoms. The molecule has 0 radical (unpaired) electrons.